The van der Waals surface area contributed by atoms with Gasteiger partial charge >= 0.3 is 0 Å². The first-order valence-corrected chi connectivity index (χ1v) is 12.3. The van der Waals surface area contributed by atoms with Gasteiger partial charge in [-0.3, -0.25) is 19.2 Å². The lowest BCUT2D eigenvalue weighted by Crippen LogP contribution is -2.51. The first kappa shape index (κ1) is 22.6. The van der Waals surface area contributed by atoms with E-state index >= 15 is 0 Å². The Morgan fingerprint density at radius 2 is 1.46 bits per heavy atom. The van der Waals surface area contributed by atoms with E-state index in [0.29, 0.717) is 5.56 Å². The third-order valence-electron chi connectivity index (χ3n) is 6.87. The minimum Gasteiger partial charge on any atom is -0.349 e. The van der Waals surface area contributed by atoms with Crippen molar-refractivity contribution in [1.82, 2.24) is 0 Å². The van der Waals surface area contributed by atoms with Crippen LogP contribution in [0.5, 0.6) is 0 Å². The molecule has 0 N–H and O–H groups in total. The first-order chi connectivity index (χ1) is 16.8. The summed E-state index contributed by atoms with van der Waals surface area (Å²) in [6.45, 7) is 0. The maximum Gasteiger partial charge on any atom is 0.241 e. The zero-order valence-corrected chi connectivity index (χ0v) is 20.8. The SMILES string of the molecule is O=C1[C@@H]2[C@@H](C(=O)N1c1cc(Cl)ccc1Cl)C1(O[C@H]2c2ccc(Br)cc2)C(=O)c2ccccc2C1=O. The minimum absolute atomic E-state index is 0.101. The predicted octanol–water partition coefficient (Wildman–Crippen LogP) is 5.45. The molecule has 0 unspecified atom stereocenters. The van der Waals surface area contributed by atoms with Crippen molar-refractivity contribution in [2.45, 2.75) is 11.7 Å². The lowest BCUT2D eigenvalue weighted by Gasteiger charge is -2.27. The highest BCUT2D eigenvalue weighted by Crippen LogP contribution is 2.58. The van der Waals surface area contributed by atoms with Gasteiger partial charge in [-0.2, -0.15) is 0 Å². The van der Waals surface area contributed by atoms with Crippen molar-refractivity contribution in [3.05, 3.63) is 97.9 Å². The van der Waals surface area contributed by atoms with E-state index in [4.69, 9.17) is 27.9 Å². The Morgan fingerprint density at radius 3 is 2.09 bits per heavy atom. The van der Waals surface area contributed by atoms with Gasteiger partial charge in [-0.25, -0.2) is 4.90 Å². The van der Waals surface area contributed by atoms with Crippen LogP contribution in [0.15, 0.2) is 71.2 Å². The van der Waals surface area contributed by atoms with E-state index in [2.05, 4.69) is 15.9 Å². The number of ether oxygens (including phenoxy) is 1. The topological polar surface area (TPSA) is 80.8 Å². The summed E-state index contributed by atoms with van der Waals surface area (Å²) < 4.78 is 7.05. The highest BCUT2D eigenvalue weighted by atomic mass is 79.9. The van der Waals surface area contributed by atoms with Gasteiger partial charge in [-0.1, -0.05) is 75.5 Å². The van der Waals surface area contributed by atoms with Gasteiger partial charge in [0.15, 0.2) is 0 Å². The molecule has 6 rings (SSSR count). The summed E-state index contributed by atoms with van der Waals surface area (Å²) in [5.74, 6) is -5.03. The molecule has 2 aliphatic heterocycles. The molecular weight excluding hydrogens is 557 g/mol. The van der Waals surface area contributed by atoms with Crippen LogP contribution in [0, 0.1) is 11.8 Å². The van der Waals surface area contributed by atoms with Gasteiger partial charge in [0, 0.05) is 20.6 Å². The fourth-order valence-electron chi connectivity index (χ4n) is 5.37. The van der Waals surface area contributed by atoms with Gasteiger partial charge in [-0.05, 0) is 35.9 Å². The van der Waals surface area contributed by atoms with Crippen molar-refractivity contribution >= 4 is 68.2 Å². The largest absolute Gasteiger partial charge is 0.349 e. The van der Waals surface area contributed by atoms with Crippen LogP contribution in [-0.2, 0) is 14.3 Å². The van der Waals surface area contributed by atoms with E-state index in [0.717, 1.165) is 9.37 Å². The van der Waals surface area contributed by atoms with Gasteiger partial charge in [-0.15, -0.1) is 0 Å². The number of imide groups is 1. The van der Waals surface area contributed by atoms with Crippen molar-refractivity contribution in [3.63, 3.8) is 0 Å². The average Bonchev–Trinajstić information content (AvgIpc) is 3.41. The number of nitrogens with zero attached hydrogens (tertiary/aromatic N) is 1. The molecule has 2 heterocycles. The Morgan fingerprint density at radius 1 is 0.829 bits per heavy atom. The Hall–Kier alpha value is -2.84. The third kappa shape index (κ3) is 2.99. The molecule has 3 aromatic carbocycles. The molecule has 6 nitrogen and oxygen atoms in total. The summed E-state index contributed by atoms with van der Waals surface area (Å²) >= 11 is 15.9. The number of amides is 2. The number of rotatable bonds is 2. The monoisotopic (exact) mass is 569 g/mol. The number of ketones is 2. The molecule has 0 saturated carbocycles. The van der Waals surface area contributed by atoms with E-state index in [1.165, 1.54) is 30.3 Å². The molecular formula is C26H14BrCl2NO5. The molecule has 2 amide bonds. The second-order valence-electron chi connectivity index (χ2n) is 8.64. The van der Waals surface area contributed by atoms with Crippen LogP contribution in [0.3, 0.4) is 0 Å². The molecule has 0 radical (unpaired) electrons. The number of Topliss-reactive ketones (excluding diaryl/α,β-unsaturated/α-hetero) is 2. The summed E-state index contributed by atoms with van der Waals surface area (Å²) in [6, 6.07) is 17.8. The molecule has 3 atom stereocenters. The molecule has 9 heteroatoms. The average molecular weight is 571 g/mol. The number of anilines is 1. The summed E-state index contributed by atoms with van der Waals surface area (Å²) in [5, 5.41) is 0.413. The molecule has 2 fully saturated rings. The highest BCUT2D eigenvalue weighted by Gasteiger charge is 2.74. The van der Waals surface area contributed by atoms with Crippen molar-refractivity contribution < 1.29 is 23.9 Å². The zero-order valence-electron chi connectivity index (χ0n) is 17.7. The molecule has 2 saturated heterocycles. The summed E-state index contributed by atoms with van der Waals surface area (Å²) in [6.07, 6.45) is -1.00. The molecule has 35 heavy (non-hydrogen) atoms. The Balaban J connectivity index is 1.56. The zero-order chi connectivity index (χ0) is 24.6. The van der Waals surface area contributed by atoms with Crippen LogP contribution in [0.25, 0.3) is 0 Å². The quantitative estimate of drug-likeness (QED) is 0.302. The number of carbonyl (C=O) groups is 4. The van der Waals surface area contributed by atoms with E-state index < -0.39 is 46.9 Å². The summed E-state index contributed by atoms with van der Waals surface area (Å²) in [4.78, 5) is 56.1. The van der Waals surface area contributed by atoms with Gasteiger partial charge in [0.2, 0.25) is 29.0 Å². The van der Waals surface area contributed by atoms with Crippen molar-refractivity contribution in [1.29, 1.82) is 0 Å². The molecule has 0 aromatic heterocycles. The standard InChI is InChI=1S/C26H14BrCl2NO5/c27-13-7-5-12(6-8-13)21-19-20(25(34)30(24(19)33)18-11-14(28)9-10-17(18)29)26(35-21)22(31)15-3-1-2-4-16(15)23(26)32/h1-11,19-21H/t19-,20+,21+/m1/s1. The van der Waals surface area contributed by atoms with Gasteiger partial charge < -0.3 is 4.74 Å². The van der Waals surface area contributed by atoms with E-state index in [-0.39, 0.29) is 26.9 Å². The van der Waals surface area contributed by atoms with Gasteiger partial charge in [0.05, 0.1) is 28.6 Å². The summed E-state index contributed by atoms with van der Waals surface area (Å²) in [5.41, 5.74) is -1.13. The normalized spacial score (nSPS) is 24.4. The fraction of sp³-hybridized carbons (Fsp3) is 0.154. The van der Waals surface area contributed by atoms with Crippen LogP contribution in [0.1, 0.15) is 32.4 Å². The predicted molar refractivity (Wildman–Crippen MR) is 132 cm³/mol. The van der Waals surface area contributed by atoms with Gasteiger partial charge in [0.25, 0.3) is 0 Å². The second kappa shape index (κ2) is 7.83. The molecule has 174 valence electrons. The molecule has 1 spiro atoms. The lowest BCUT2D eigenvalue weighted by molar-refractivity contribution is -0.127. The van der Waals surface area contributed by atoms with Gasteiger partial charge in [0.1, 0.15) is 0 Å². The smallest absolute Gasteiger partial charge is 0.241 e. The number of hydrogen-bond donors (Lipinski definition) is 0. The van der Waals surface area contributed by atoms with Crippen LogP contribution in [0.4, 0.5) is 5.69 Å². The van der Waals surface area contributed by atoms with Crippen LogP contribution in [-0.4, -0.2) is 29.0 Å². The number of carbonyl (C=O) groups excluding carboxylic acids is 4. The highest BCUT2D eigenvalue weighted by molar-refractivity contribution is 9.10. The third-order valence-corrected chi connectivity index (χ3v) is 7.95. The summed E-state index contributed by atoms with van der Waals surface area (Å²) in [7, 11) is 0. The van der Waals surface area contributed by atoms with E-state index in [1.54, 1.807) is 36.4 Å². The molecule has 0 bridgehead atoms. The van der Waals surface area contributed by atoms with Crippen molar-refractivity contribution in [2.24, 2.45) is 11.8 Å². The maximum absolute atomic E-state index is 13.9. The Bertz CT molecular complexity index is 1440. The Labute approximate surface area is 217 Å². The van der Waals surface area contributed by atoms with Crippen LogP contribution < -0.4 is 4.90 Å². The van der Waals surface area contributed by atoms with Crippen molar-refractivity contribution in [3.8, 4) is 0 Å². The maximum atomic E-state index is 13.9. The second-order valence-corrected chi connectivity index (χ2v) is 10.4. The Kier molecular flexibility index (Phi) is 5.06. The fourth-order valence-corrected chi connectivity index (χ4v) is 6.00. The van der Waals surface area contributed by atoms with Crippen LogP contribution in [0.2, 0.25) is 10.0 Å². The molecule has 3 aliphatic rings. The lowest BCUT2D eigenvalue weighted by atomic mass is 9.77. The number of fused-ring (bicyclic) bond motifs is 3. The number of halogens is 3. The minimum atomic E-state index is -2.14. The molecule has 3 aromatic rings. The van der Waals surface area contributed by atoms with E-state index in [9.17, 15) is 19.2 Å². The van der Waals surface area contributed by atoms with Crippen molar-refractivity contribution in [2.75, 3.05) is 4.90 Å². The number of hydrogen-bond acceptors (Lipinski definition) is 5. The molecule has 1 aliphatic carbocycles. The van der Waals surface area contributed by atoms with Crippen LogP contribution >= 0.6 is 39.1 Å². The first-order valence-electron chi connectivity index (χ1n) is 10.7. The number of benzene rings is 3. The van der Waals surface area contributed by atoms with E-state index in [1.807, 2.05) is 0 Å².